The minimum absolute atomic E-state index is 0. The molecule has 6 aromatic carbocycles. The van der Waals surface area contributed by atoms with Crippen molar-refractivity contribution in [3.05, 3.63) is 276 Å². The fourth-order valence-corrected chi connectivity index (χ4v) is 5.15. The molecule has 0 heterocycles. The molecule has 0 saturated heterocycles. The van der Waals surface area contributed by atoms with Crippen LogP contribution < -0.4 is 15.3 Å². The Balaban J connectivity index is 0.000000793. The zero-order valence-electron chi connectivity index (χ0n) is 37.4. The van der Waals surface area contributed by atoms with Crippen molar-refractivity contribution < 1.29 is 37.0 Å². The van der Waals surface area contributed by atoms with Crippen LogP contribution in [-0.4, -0.2) is 21.3 Å². The first-order valence-corrected chi connectivity index (χ1v) is 20.4. The van der Waals surface area contributed by atoms with Crippen LogP contribution in [0.1, 0.15) is 53.6 Å². The molecule has 320 valence electrons. The molecule has 3 nitrogen and oxygen atoms in total. The summed E-state index contributed by atoms with van der Waals surface area (Å²) in [6, 6.07) is 61.7. The first kappa shape index (κ1) is 56.8. The predicted octanol–water partition coefficient (Wildman–Crippen LogP) is 12.5. The van der Waals surface area contributed by atoms with Crippen LogP contribution in [0.5, 0.6) is 0 Å². The first-order valence-electron chi connectivity index (χ1n) is 20.4. The Kier molecular flexibility index (Phi) is 36.0. The van der Waals surface area contributed by atoms with E-state index < -0.39 is 0 Å². The molecule has 0 unspecified atom stereocenters. The third-order valence-corrected chi connectivity index (χ3v) is 8.20. The van der Waals surface area contributed by atoms with Crippen LogP contribution in [0.3, 0.4) is 0 Å². The topological polar surface area (TPSA) is 69.2 Å². The molecule has 1 aliphatic rings. The Morgan fingerprint density at radius 2 is 0.540 bits per heavy atom. The summed E-state index contributed by atoms with van der Waals surface area (Å²) in [5, 5.41) is 24.8. The van der Waals surface area contributed by atoms with Gasteiger partial charge in [-0.3, -0.25) is 6.08 Å². The quantitative estimate of drug-likeness (QED) is 0.0826. The largest absolute Gasteiger partial charge is 4.00 e. The van der Waals surface area contributed by atoms with Crippen molar-refractivity contribution in [2.24, 2.45) is 5.41 Å². The maximum absolute atomic E-state index is 8.25. The van der Waals surface area contributed by atoms with E-state index in [9.17, 15) is 0 Å². The van der Waals surface area contributed by atoms with Gasteiger partial charge in [-0.2, -0.15) is 27.4 Å². The van der Waals surface area contributed by atoms with Crippen LogP contribution in [0.2, 0.25) is 0 Å². The summed E-state index contributed by atoms with van der Waals surface area (Å²) in [6.45, 7) is 4.38. The van der Waals surface area contributed by atoms with Gasteiger partial charge < -0.3 is 15.3 Å². The maximum Gasteiger partial charge on any atom is 4.00 e. The minimum Gasteiger partial charge on any atom is -0.857 e. The Hall–Kier alpha value is -6.17. The van der Waals surface area contributed by atoms with Crippen LogP contribution in [0.25, 0.3) is 36.5 Å². The fraction of sp³-hybridized carbons (Fsp3) is 0.119. The maximum atomic E-state index is 8.25. The van der Waals surface area contributed by atoms with E-state index in [1.165, 1.54) is 33.4 Å². The zero-order valence-corrected chi connectivity index (χ0v) is 39.0. The van der Waals surface area contributed by atoms with Crippen molar-refractivity contribution in [2.75, 3.05) is 21.3 Å². The van der Waals surface area contributed by atoms with Gasteiger partial charge in [0.05, 0.1) is 0 Å². The van der Waals surface area contributed by atoms with Crippen molar-refractivity contribution in [3.8, 4) is 0 Å². The third kappa shape index (κ3) is 30.5. The number of hydrogen-bond acceptors (Lipinski definition) is 3. The summed E-state index contributed by atoms with van der Waals surface area (Å²) in [6.07, 6.45) is 35.5. The second kappa shape index (κ2) is 39.9. The standard InChI is InChI=1S/3C16H14.C8H11.3CH3O.Ti/c3*1-3-9-15(10-4-1)13-7-8-14-16-11-5-2-6-12-16;1-8(2)6-4-3-5-7-8;3*1-2;/h3*1-14H;3-5H,6H2,1-2H3;3*1H3;/q;;;4*-1;+4. The molecule has 0 spiro atoms. The van der Waals surface area contributed by atoms with Gasteiger partial charge in [-0.1, -0.05) is 281 Å². The van der Waals surface area contributed by atoms with E-state index in [-0.39, 0.29) is 27.1 Å². The molecule has 0 aliphatic heterocycles. The second-order valence-corrected chi connectivity index (χ2v) is 13.4. The monoisotopic (exact) mass is 866 g/mol. The molecule has 0 radical (unpaired) electrons. The van der Waals surface area contributed by atoms with E-state index in [0.717, 1.165) is 27.8 Å². The van der Waals surface area contributed by atoms with Gasteiger partial charge in [-0.25, -0.2) is 12.2 Å². The molecule has 1 aliphatic carbocycles. The third-order valence-electron chi connectivity index (χ3n) is 8.20. The van der Waals surface area contributed by atoms with Crippen LogP contribution in [-0.2, 0) is 21.7 Å². The molecule has 7 rings (SSSR count). The molecule has 0 N–H and O–H groups in total. The van der Waals surface area contributed by atoms with Crippen LogP contribution >= 0.6 is 0 Å². The number of hydrogen-bond donors (Lipinski definition) is 0. The van der Waals surface area contributed by atoms with Gasteiger partial charge in [-0.15, -0.1) is 0 Å². The van der Waals surface area contributed by atoms with Crippen molar-refractivity contribution in [1.82, 2.24) is 0 Å². The van der Waals surface area contributed by atoms with Crippen molar-refractivity contribution in [3.63, 3.8) is 0 Å². The molecule has 63 heavy (non-hydrogen) atoms. The Morgan fingerprint density at radius 3 is 0.667 bits per heavy atom. The van der Waals surface area contributed by atoms with Gasteiger partial charge >= 0.3 is 21.7 Å². The Morgan fingerprint density at radius 1 is 0.349 bits per heavy atom. The number of rotatable bonds is 9. The van der Waals surface area contributed by atoms with Crippen LogP contribution in [0.4, 0.5) is 0 Å². The first-order chi connectivity index (χ1) is 30.6. The normalized spacial score (nSPS) is 11.9. The molecule has 6 aromatic rings. The Labute approximate surface area is 394 Å². The molecule has 0 atom stereocenters. The zero-order chi connectivity index (χ0) is 45.2. The summed E-state index contributed by atoms with van der Waals surface area (Å²) in [7, 11) is 2.25. The van der Waals surface area contributed by atoms with E-state index in [1.54, 1.807) is 0 Å². The van der Waals surface area contributed by atoms with Gasteiger partial charge in [-0.05, 0) is 33.4 Å². The van der Waals surface area contributed by atoms with E-state index in [1.807, 2.05) is 121 Å². The predicted molar refractivity (Wildman–Crippen MR) is 266 cm³/mol. The average molecular weight is 867 g/mol. The van der Waals surface area contributed by atoms with Crippen LogP contribution in [0, 0.1) is 11.5 Å². The number of allylic oxidation sites excluding steroid dienone is 10. The summed E-state index contributed by atoms with van der Waals surface area (Å²) in [4.78, 5) is 0. The molecular formula is C59H62O3Ti. The van der Waals surface area contributed by atoms with Gasteiger partial charge in [0, 0.05) is 0 Å². The fourth-order valence-electron chi connectivity index (χ4n) is 5.15. The van der Waals surface area contributed by atoms with Crippen LogP contribution in [0.15, 0.2) is 237 Å². The second-order valence-electron chi connectivity index (χ2n) is 13.4. The van der Waals surface area contributed by atoms with E-state index in [0.29, 0.717) is 0 Å². The molecule has 0 aromatic heterocycles. The van der Waals surface area contributed by atoms with Crippen molar-refractivity contribution in [1.29, 1.82) is 0 Å². The van der Waals surface area contributed by atoms with Gasteiger partial charge in [0.2, 0.25) is 0 Å². The van der Waals surface area contributed by atoms with Crippen molar-refractivity contribution >= 4 is 36.5 Å². The number of benzene rings is 6. The average Bonchev–Trinajstić information content (AvgIpc) is 3.35. The summed E-state index contributed by atoms with van der Waals surface area (Å²) < 4.78 is 0. The van der Waals surface area contributed by atoms with Crippen molar-refractivity contribution in [2.45, 2.75) is 20.3 Å². The minimum atomic E-state index is 0. The smallest absolute Gasteiger partial charge is 0.857 e. The molecule has 4 heteroatoms. The SMILES string of the molecule is C(C=Cc1ccccc1)=Cc1ccccc1.C(C=Cc1ccccc1)=Cc1ccccc1.C(C=Cc1ccccc1)=Cc1ccccc1.CC1(C)[C-]=CC=CC1.C[O-].C[O-].C[O-].[Ti+4]. The molecular weight excluding hydrogens is 805 g/mol. The van der Waals surface area contributed by atoms with E-state index >= 15 is 0 Å². The summed E-state index contributed by atoms with van der Waals surface area (Å²) in [5.41, 5.74) is 7.62. The van der Waals surface area contributed by atoms with E-state index in [4.69, 9.17) is 15.3 Å². The molecule has 0 bridgehead atoms. The van der Waals surface area contributed by atoms with Gasteiger partial charge in [0.25, 0.3) is 0 Å². The molecule has 0 amide bonds. The Bertz CT molecular complexity index is 1780. The van der Waals surface area contributed by atoms with E-state index in [2.05, 4.69) is 172 Å². The molecule has 0 saturated carbocycles. The molecule has 0 fully saturated rings. The van der Waals surface area contributed by atoms with Gasteiger partial charge in [0.15, 0.2) is 0 Å². The summed E-state index contributed by atoms with van der Waals surface area (Å²) >= 11 is 0. The summed E-state index contributed by atoms with van der Waals surface area (Å²) in [5.74, 6) is 0. The van der Waals surface area contributed by atoms with Gasteiger partial charge in [0.1, 0.15) is 0 Å².